The number of rotatable bonds is 8. The Kier molecular flexibility index (Phi) is 9.03. The van der Waals surface area contributed by atoms with E-state index < -0.39 is 38.2 Å². The minimum Gasteiger partial charge on any atom is -0.495 e. The van der Waals surface area contributed by atoms with Crippen LogP contribution in [-0.4, -0.2) is 70.4 Å². The Morgan fingerprint density at radius 3 is 2.60 bits per heavy atom. The number of hydrogen-bond acceptors (Lipinski definition) is 6. The van der Waals surface area contributed by atoms with E-state index in [4.69, 9.17) is 4.74 Å². The number of fused-ring (bicyclic) bond motifs is 1. The van der Waals surface area contributed by atoms with Gasteiger partial charge in [-0.1, -0.05) is 24.0 Å². The molecule has 2 heterocycles. The zero-order valence-electron chi connectivity index (χ0n) is 22.5. The van der Waals surface area contributed by atoms with E-state index in [1.165, 1.54) is 19.2 Å². The standard InChI is InChI=1S/C28H31F5N3O2PS/c1-36-14-12-23(28(32,33)16-36)35-20-8-5-7-18-24(25(29)27(30)31)22(40-26(18)20)9-6-13-34-19-11-10-17(39(3,4)37)15-21(19)38-2/h5,7-8,10-11,15,23,25,27,34-35H,12-14,16H2,1-4H3. The van der Waals surface area contributed by atoms with Crippen molar-refractivity contribution >= 4 is 45.2 Å². The summed E-state index contributed by atoms with van der Waals surface area (Å²) in [5.74, 6) is 3.11. The van der Waals surface area contributed by atoms with Crippen LogP contribution in [0, 0.1) is 11.8 Å². The van der Waals surface area contributed by atoms with E-state index >= 15 is 0 Å². The number of nitrogens with zero attached hydrogens (tertiary/aromatic N) is 1. The van der Waals surface area contributed by atoms with Gasteiger partial charge in [0.1, 0.15) is 12.9 Å². The molecule has 12 heteroatoms. The lowest BCUT2D eigenvalue weighted by molar-refractivity contribution is -0.0672. The average Bonchev–Trinajstić information content (AvgIpc) is 3.25. The van der Waals surface area contributed by atoms with E-state index in [1.807, 2.05) is 0 Å². The fourth-order valence-electron chi connectivity index (χ4n) is 4.64. The number of benzene rings is 2. The van der Waals surface area contributed by atoms with Crippen LogP contribution in [-0.2, 0) is 4.57 Å². The normalized spacial score (nSPS) is 18.3. The van der Waals surface area contributed by atoms with Gasteiger partial charge >= 0.3 is 0 Å². The molecule has 4 rings (SSSR count). The highest BCUT2D eigenvalue weighted by Gasteiger charge is 2.44. The molecule has 1 saturated heterocycles. The predicted octanol–water partition coefficient (Wildman–Crippen LogP) is 6.65. The van der Waals surface area contributed by atoms with Gasteiger partial charge < -0.3 is 24.8 Å². The monoisotopic (exact) mass is 599 g/mol. The molecule has 0 aliphatic carbocycles. The van der Waals surface area contributed by atoms with Crippen LogP contribution < -0.4 is 20.7 Å². The molecule has 1 aromatic heterocycles. The molecule has 0 saturated carbocycles. The molecule has 0 spiro atoms. The number of halogens is 5. The molecule has 2 atom stereocenters. The number of piperidine rings is 1. The second-order valence-corrected chi connectivity index (χ2v) is 14.4. The van der Waals surface area contributed by atoms with Gasteiger partial charge in [0, 0.05) is 22.8 Å². The van der Waals surface area contributed by atoms with Crippen molar-refractivity contribution in [1.29, 1.82) is 0 Å². The summed E-state index contributed by atoms with van der Waals surface area (Å²) in [4.78, 5) is 1.66. The topological polar surface area (TPSA) is 53.6 Å². The van der Waals surface area contributed by atoms with Gasteiger partial charge in [-0.15, -0.1) is 11.3 Å². The molecule has 40 heavy (non-hydrogen) atoms. The van der Waals surface area contributed by atoms with Gasteiger partial charge in [0.15, 0.2) is 6.17 Å². The Hall–Kier alpha value is -2.80. The Labute approximate surface area is 234 Å². The minimum absolute atomic E-state index is 0.0812. The van der Waals surface area contributed by atoms with Crippen molar-refractivity contribution < 1.29 is 31.3 Å². The third kappa shape index (κ3) is 6.56. The first-order valence-electron chi connectivity index (χ1n) is 12.6. The molecule has 1 aliphatic rings. The van der Waals surface area contributed by atoms with Crippen LogP contribution in [0.3, 0.4) is 0 Å². The molecule has 2 aromatic carbocycles. The number of ether oxygens (including phenoxy) is 1. The van der Waals surface area contributed by atoms with E-state index in [-0.39, 0.29) is 28.8 Å². The van der Waals surface area contributed by atoms with E-state index in [1.54, 1.807) is 49.5 Å². The van der Waals surface area contributed by atoms with Crippen LogP contribution in [0.15, 0.2) is 36.4 Å². The summed E-state index contributed by atoms with van der Waals surface area (Å²) >= 11 is 0.996. The molecular formula is C28H31F5N3O2PS. The maximum absolute atomic E-state index is 14.8. The number of alkyl halides is 5. The SMILES string of the molecule is COc1cc(P(C)(C)=O)ccc1NCC#Cc1sc2c(NC3CCN(C)CC3(F)F)cccc2c1C(F)C(F)F. The van der Waals surface area contributed by atoms with Gasteiger partial charge in [-0.05, 0) is 51.1 Å². The molecule has 216 valence electrons. The molecule has 1 fully saturated rings. The Morgan fingerprint density at radius 2 is 1.95 bits per heavy atom. The van der Waals surface area contributed by atoms with Crippen LogP contribution in [0.2, 0.25) is 0 Å². The third-order valence-corrected chi connectivity index (χ3v) is 9.44. The second-order valence-electron chi connectivity index (χ2n) is 10.1. The third-order valence-electron chi connectivity index (χ3n) is 6.75. The lowest BCUT2D eigenvalue weighted by Gasteiger charge is -2.37. The van der Waals surface area contributed by atoms with Crippen LogP contribution in [0.5, 0.6) is 5.75 Å². The lowest BCUT2D eigenvalue weighted by atomic mass is 10.00. The van der Waals surface area contributed by atoms with Crippen LogP contribution >= 0.6 is 18.5 Å². The molecular weight excluding hydrogens is 568 g/mol. The summed E-state index contributed by atoms with van der Waals surface area (Å²) < 4.78 is 89.4. The average molecular weight is 600 g/mol. The number of hydrogen-bond donors (Lipinski definition) is 2. The highest BCUT2D eigenvalue weighted by Crippen LogP contribution is 2.43. The first-order chi connectivity index (χ1) is 18.8. The summed E-state index contributed by atoms with van der Waals surface area (Å²) in [6.07, 6.45) is -5.67. The number of methoxy groups -OCH3 is 1. The fraction of sp³-hybridized carbons (Fsp3) is 0.429. The van der Waals surface area contributed by atoms with Crippen molar-refractivity contribution in [3.05, 3.63) is 46.8 Å². The quantitative estimate of drug-likeness (QED) is 0.173. The summed E-state index contributed by atoms with van der Waals surface area (Å²) in [6, 6.07) is 8.60. The van der Waals surface area contributed by atoms with Gasteiger partial charge in [0.25, 0.3) is 12.3 Å². The lowest BCUT2D eigenvalue weighted by Crippen LogP contribution is -2.53. The van der Waals surface area contributed by atoms with Gasteiger partial charge in [0.2, 0.25) is 0 Å². The number of likely N-dealkylation sites (tertiary alicyclic amines) is 1. The molecule has 2 unspecified atom stereocenters. The first kappa shape index (κ1) is 30.2. The van der Waals surface area contributed by atoms with Crippen LogP contribution in [0.1, 0.15) is 23.0 Å². The maximum Gasteiger partial charge on any atom is 0.280 e. The molecule has 0 amide bonds. The number of nitrogens with one attached hydrogen (secondary N) is 2. The number of anilines is 2. The summed E-state index contributed by atoms with van der Waals surface area (Å²) in [5, 5.41) is 6.83. The van der Waals surface area contributed by atoms with Crippen LogP contribution in [0.4, 0.5) is 33.3 Å². The largest absolute Gasteiger partial charge is 0.495 e. The molecule has 5 nitrogen and oxygen atoms in total. The highest BCUT2D eigenvalue weighted by molar-refractivity contribution is 7.70. The minimum atomic E-state index is -3.28. The Bertz CT molecular complexity index is 1480. The predicted molar refractivity (Wildman–Crippen MR) is 154 cm³/mol. The van der Waals surface area contributed by atoms with Gasteiger partial charge in [-0.25, -0.2) is 22.0 Å². The van der Waals surface area contributed by atoms with E-state index in [0.29, 0.717) is 33.7 Å². The second kappa shape index (κ2) is 12.0. The van der Waals surface area contributed by atoms with Crippen LogP contribution in [0.25, 0.3) is 10.1 Å². The van der Waals surface area contributed by atoms with Gasteiger partial charge in [-0.3, -0.25) is 0 Å². The summed E-state index contributed by atoms with van der Waals surface area (Å²) in [7, 11) is 0.613. The zero-order chi connectivity index (χ0) is 29.2. The highest BCUT2D eigenvalue weighted by atomic mass is 32.1. The van der Waals surface area contributed by atoms with E-state index in [2.05, 4.69) is 22.5 Å². The smallest absolute Gasteiger partial charge is 0.280 e. The molecule has 0 bridgehead atoms. The Balaban J connectivity index is 1.63. The Morgan fingerprint density at radius 1 is 1.20 bits per heavy atom. The first-order valence-corrected chi connectivity index (χ1v) is 16.0. The van der Waals surface area contributed by atoms with Gasteiger partial charge in [0.05, 0.1) is 47.2 Å². The van der Waals surface area contributed by atoms with Crippen molar-refractivity contribution in [2.75, 3.05) is 57.8 Å². The van der Waals surface area contributed by atoms with Crippen molar-refractivity contribution in [2.24, 2.45) is 0 Å². The van der Waals surface area contributed by atoms with E-state index in [0.717, 1.165) is 11.3 Å². The molecule has 0 radical (unpaired) electrons. The molecule has 2 N–H and O–H groups in total. The fourth-order valence-corrected chi connectivity index (χ4v) is 6.69. The zero-order valence-corrected chi connectivity index (χ0v) is 24.2. The maximum atomic E-state index is 14.8. The summed E-state index contributed by atoms with van der Waals surface area (Å²) in [5.41, 5.74) is 0.677. The summed E-state index contributed by atoms with van der Waals surface area (Å²) in [6.45, 7) is 3.46. The molecule has 1 aliphatic heterocycles. The van der Waals surface area contributed by atoms with Crippen molar-refractivity contribution in [3.8, 4) is 17.6 Å². The molecule has 3 aromatic rings. The van der Waals surface area contributed by atoms with Crippen molar-refractivity contribution in [2.45, 2.75) is 31.0 Å². The van der Waals surface area contributed by atoms with Crippen molar-refractivity contribution in [3.63, 3.8) is 0 Å². The van der Waals surface area contributed by atoms with E-state index in [9.17, 15) is 26.5 Å². The number of thiophene rings is 1. The van der Waals surface area contributed by atoms with Gasteiger partial charge in [-0.2, -0.15) is 0 Å². The van der Waals surface area contributed by atoms with Crippen molar-refractivity contribution in [1.82, 2.24) is 4.90 Å².